The van der Waals surface area contributed by atoms with Gasteiger partial charge in [0.15, 0.2) is 0 Å². The molecule has 0 spiro atoms. The Bertz CT molecular complexity index is 1290. The summed E-state index contributed by atoms with van der Waals surface area (Å²) < 4.78 is 28.1. The number of hydrogen-bond acceptors (Lipinski definition) is 4. The molecule has 0 saturated heterocycles. The van der Waals surface area contributed by atoms with Gasteiger partial charge in [-0.25, -0.2) is 8.78 Å². The number of aryl methyl sites for hydroxylation is 1. The van der Waals surface area contributed by atoms with Gasteiger partial charge >= 0.3 is 0 Å². The maximum Gasteiger partial charge on any atom is 0.252 e. The van der Waals surface area contributed by atoms with Gasteiger partial charge in [0.25, 0.3) is 5.91 Å². The molecular formula is C26H24F2N4O2. The minimum atomic E-state index is -0.594. The van der Waals surface area contributed by atoms with Crippen LogP contribution in [0, 0.1) is 18.6 Å². The predicted octanol–water partition coefficient (Wildman–Crippen LogP) is 4.45. The zero-order chi connectivity index (χ0) is 24.1. The number of carbonyl (C=O) groups is 1. The van der Waals surface area contributed by atoms with Crippen LogP contribution in [0.1, 0.15) is 28.2 Å². The van der Waals surface area contributed by atoms with E-state index in [1.165, 1.54) is 30.3 Å². The molecule has 2 aromatic carbocycles. The fraction of sp³-hybridized carbons (Fsp3) is 0.192. The number of aromatic nitrogens is 3. The summed E-state index contributed by atoms with van der Waals surface area (Å²) in [5.74, 6) is -1.44. The Kier molecular flexibility index (Phi) is 7.08. The van der Waals surface area contributed by atoms with Crippen molar-refractivity contribution in [1.82, 2.24) is 20.5 Å². The normalized spacial score (nSPS) is 11.9. The van der Waals surface area contributed by atoms with Crippen molar-refractivity contribution in [3.63, 3.8) is 0 Å². The van der Waals surface area contributed by atoms with E-state index in [-0.39, 0.29) is 29.2 Å². The molecule has 6 nitrogen and oxygen atoms in total. The minimum absolute atomic E-state index is 0.0565. The number of aromatic amines is 1. The number of H-pyrrole nitrogens is 1. The largest absolute Gasteiger partial charge is 0.396 e. The lowest BCUT2D eigenvalue weighted by molar-refractivity contribution is 0.0930. The Morgan fingerprint density at radius 2 is 1.85 bits per heavy atom. The highest BCUT2D eigenvalue weighted by atomic mass is 19.1. The van der Waals surface area contributed by atoms with Gasteiger partial charge in [-0.2, -0.15) is 5.10 Å². The summed E-state index contributed by atoms with van der Waals surface area (Å²) in [7, 11) is 0. The van der Waals surface area contributed by atoms with E-state index in [0.717, 1.165) is 11.4 Å². The van der Waals surface area contributed by atoms with Gasteiger partial charge in [-0.3, -0.25) is 14.9 Å². The van der Waals surface area contributed by atoms with Crippen molar-refractivity contribution < 1.29 is 18.7 Å². The van der Waals surface area contributed by atoms with Crippen LogP contribution in [-0.4, -0.2) is 38.8 Å². The summed E-state index contributed by atoms with van der Waals surface area (Å²) in [6.07, 6.45) is 0.749. The van der Waals surface area contributed by atoms with Gasteiger partial charge in [-0.15, -0.1) is 0 Å². The van der Waals surface area contributed by atoms with E-state index >= 15 is 0 Å². The Morgan fingerprint density at radius 1 is 1.09 bits per heavy atom. The molecule has 0 radical (unpaired) electrons. The fourth-order valence-corrected chi connectivity index (χ4v) is 3.81. The molecule has 34 heavy (non-hydrogen) atoms. The summed E-state index contributed by atoms with van der Waals surface area (Å²) in [5, 5.41) is 19.4. The predicted molar refractivity (Wildman–Crippen MR) is 125 cm³/mol. The highest BCUT2D eigenvalue weighted by Gasteiger charge is 2.22. The molecule has 174 valence electrons. The van der Waals surface area contributed by atoms with E-state index in [1.807, 2.05) is 25.1 Å². The van der Waals surface area contributed by atoms with Crippen LogP contribution in [0.15, 0.2) is 66.7 Å². The lowest BCUT2D eigenvalue weighted by Gasteiger charge is -2.19. The topological polar surface area (TPSA) is 90.9 Å². The molecule has 0 fully saturated rings. The Morgan fingerprint density at radius 3 is 2.59 bits per heavy atom. The highest BCUT2D eigenvalue weighted by Crippen LogP contribution is 2.29. The number of rotatable bonds is 8. The van der Waals surface area contributed by atoms with Crippen molar-refractivity contribution in [3.8, 4) is 22.5 Å². The number of aliphatic hydroxyl groups is 1. The van der Waals surface area contributed by atoms with E-state index in [4.69, 9.17) is 0 Å². The maximum absolute atomic E-state index is 14.9. The summed E-state index contributed by atoms with van der Waals surface area (Å²) >= 11 is 0. The number of nitrogens with zero attached hydrogens (tertiary/aromatic N) is 2. The molecule has 1 amide bonds. The summed E-state index contributed by atoms with van der Waals surface area (Å²) in [5.41, 5.74) is 3.31. The van der Waals surface area contributed by atoms with Crippen LogP contribution in [0.5, 0.6) is 0 Å². The first-order chi connectivity index (χ1) is 16.4. The highest BCUT2D eigenvalue weighted by molar-refractivity contribution is 6.01. The molecule has 1 atom stereocenters. The first-order valence-corrected chi connectivity index (χ1v) is 10.9. The van der Waals surface area contributed by atoms with Gasteiger partial charge in [0.05, 0.1) is 22.5 Å². The molecule has 2 heterocycles. The molecule has 4 aromatic rings. The first kappa shape index (κ1) is 23.3. The minimum Gasteiger partial charge on any atom is -0.396 e. The Balaban J connectivity index is 1.60. The van der Waals surface area contributed by atoms with Crippen molar-refractivity contribution in [2.24, 2.45) is 0 Å². The third kappa shape index (κ3) is 5.35. The molecular weight excluding hydrogens is 438 g/mol. The molecule has 4 rings (SSSR count). The molecule has 0 aliphatic rings. The number of hydrogen-bond donors (Lipinski definition) is 3. The SMILES string of the molecule is Cc1cccc(C[C@H](CCO)NC(=O)c2cccc(F)c2-c2cc(-c3ccc(F)cc3)[nH]n2)n1. The van der Waals surface area contributed by atoms with Gasteiger partial charge in [0.2, 0.25) is 0 Å². The number of halogens is 2. The Hall–Kier alpha value is -3.91. The van der Waals surface area contributed by atoms with Crippen molar-refractivity contribution >= 4 is 5.91 Å². The summed E-state index contributed by atoms with van der Waals surface area (Å²) in [6, 6.07) is 16.9. The molecule has 0 unspecified atom stereocenters. The second-order valence-corrected chi connectivity index (χ2v) is 7.99. The Labute approximate surface area is 195 Å². The fourth-order valence-electron chi connectivity index (χ4n) is 3.81. The van der Waals surface area contributed by atoms with E-state index in [0.29, 0.717) is 24.1 Å². The standard InChI is InChI=1S/C26H24F2N4O2/c1-16-4-2-5-19(29-16)14-20(12-13-33)30-26(34)21-6-3-7-22(28)25(21)24-15-23(31-32-24)17-8-10-18(27)11-9-17/h2-11,15,20,33H,12-14H2,1H3,(H,30,34)(H,31,32)/t20-/m0/s1. The van der Waals surface area contributed by atoms with Crippen LogP contribution < -0.4 is 5.32 Å². The molecule has 0 aliphatic carbocycles. The first-order valence-electron chi connectivity index (χ1n) is 10.9. The smallest absolute Gasteiger partial charge is 0.252 e. The zero-order valence-corrected chi connectivity index (χ0v) is 18.6. The van der Waals surface area contributed by atoms with Gasteiger partial charge in [-0.1, -0.05) is 12.1 Å². The number of pyridine rings is 1. The lowest BCUT2D eigenvalue weighted by atomic mass is 10.0. The second kappa shape index (κ2) is 10.4. The summed E-state index contributed by atoms with van der Waals surface area (Å²) in [4.78, 5) is 17.6. The molecule has 0 bridgehead atoms. The van der Waals surface area contributed by atoms with Gasteiger partial charge < -0.3 is 10.4 Å². The van der Waals surface area contributed by atoms with Gasteiger partial charge in [-0.05, 0) is 73.5 Å². The zero-order valence-electron chi connectivity index (χ0n) is 18.6. The van der Waals surface area contributed by atoms with Crippen LogP contribution in [0.25, 0.3) is 22.5 Å². The van der Waals surface area contributed by atoms with Crippen LogP contribution in [0.4, 0.5) is 8.78 Å². The molecule has 3 N–H and O–H groups in total. The molecule has 8 heteroatoms. The van der Waals surface area contributed by atoms with E-state index in [2.05, 4.69) is 20.5 Å². The van der Waals surface area contributed by atoms with Crippen molar-refractivity contribution in [1.29, 1.82) is 0 Å². The third-order valence-corrected chi connectivity index (χ3v) is 5.46. The average Bonchev–Trinajstić information content (AvgIpc) is 3.29. The number of benzene rings is 2. The van der Waals surface area contributed by atoms with Gasteiger partial charge in [0.1, 0.15) is 11.6 Å². The molecule has 0 aliphatic heterocycles. The number of amides is 1. The maximum atomic E-state index is 14.9. The van der Waals surface area contributed by atoms with E-state index < -0.39 is 17.8 Å². The van der Waals surface area contributed by atoms with Crippen molar-refractivity contribution in [2.45, 2.75) is 25.8 Å². The number of carbonyl (C=O) groups excluding carboxylic acids is 1. The van der Waals surface area contributed by atoms with Crippen molar-refractivity contribution in [3.05, 3.63) is 95.3 Å². The van der Waals surface area contributed by atoms with Crippen LogP contribution in [-0.2, 0) is 6.42 Å². The van der Waals surface area contributed by atoms with Gasteiger partial charge in [0, 0.05) is 30.5 Å². The third-order valence-electron chi connectivity index (χ3n) is 5.46. The van der Waals surface area contributed by atoms with Crippen LogP contribution in [0.3, 0.4) is 0 Å². The monoisotopic (exact) mass is 462 g/mol. The van der Waals surface area contributed by atoms with Crippen LogP contribution >= 0.6 is 0 Å². The summed E-state index contributed by atoms with van der Waals surface area (Å²) in [6.45, 7) is 1.76. The van der Waals surface area contributed by atoms with E-state index in [9.17, 15) is 18.7 Å². The van der Waals surface area contributed by atoms with Crippen molar-refractivity contribution in [2.75, 3.05) is 6.61 Å². The number of aliphatic hydroxyl groups excluding tert-OH is 1. The average molecular weight is 463 g/mol. The quantitative estimate of drug-likeness (QED) is 0.361. The lowest BCUT2D eigenvalue weighted by Crippen LogP contribution is -2.37. The van der Waals surface area contributed by atoms with Crippen LogP contribution in [0.2, 0.25) is 0 Å². The molecule has 2 aromatic heterocycles. The second-order valence-electron chi connectivity index (χ2n) is 7.99. The molecule has 0 saturated carbocycles. The van der Waals surface area contributed by atoms with E-state index in [1.54, 1.807) is 18.2 Å². The number of nitrogens with one attached hydrogen (secondary N) is 2.